The van der Waals surface area contributed by atoms with Crippen LogP contribution in [0.5, 0.6) is 0 Å². The third-order valence-corrected chi connectivity index (χ3v) is 3.80. The lowest BCUT2D eigenvalue weighted by atomic mass is 10.2. The second-order valence-electron chi connectivity index (χ2n) is 4.37. The fourth-order valence-corrected chi connectivity index (χ4v) is 2.46. The zero-order valence-electron chi connectivity index (χ0n) is 11.4. The minimum atomic E-state index is -0.755. The molecule has 0 saturated heterocycles. The Balaban J connectivity index is 1.96. The summed E-state index contributed by atoms with van der Waals surface area (Å²) in [6.45, 7) is -0.499. The van der Waals surface area contributed by atoms with Gasteiger partial charge in [-0.3, -0.25) is 4.79 Å². The minimum absolute atomic E-state index is 0.0801. The van der Waals surface area contributed by atoms with E-state index >= 15 is 0 Å². The van der Waals surface area contributed by atoms with Crippen LogP contribution in [0.15, 0.2) is 36.4 Å². The Labute approximate surface area is 152 Å². The molecule has 0 aliphatic rings. The highest BCUT2D eigenvalue weighted by Crippen LogP contribution is 2.25. The van der Waals surface area contributed by atoms with E-state index in [-0.39, 0.29) is 15.6 Å². The summed E-state index contributed by atoms with van der Waals surface area (Å²) in [6, 6.07) is 8.96. The largest absolute Gasteiger partial charge is 0.452 e. The van der Waals surface area contributed by atoms with Gasteiger partial charge in [0.1, 0.15) is 0 Å². The summed E-state index contributed by atoms with van der Waals surface area (Å²) in [4.78, 5) is 23.7. The molecule has 1 amide bonds. The van der Waals surface area contributed by atoms with Crippen molar-refractivity contribution in [3.05, 3.63) is 62.1 Å². The fourth-order valence-electron chi connectivity index (χ4n) is 1.64. The number of anilines is 1. The van der Waals surface area contributed by atoms with Crippen molar-refractivity contribution in [2.45, 2.75) is 0 Å². The van der Waals surface area contributed by atoms with Crippen LogP contribution in [0.1, 0.15) is 10.4 Å². The third kappa shape index (κ3) is 5.01. The number of carbonyl (C=O) groups excluding carboxylic acids is 2. The molecule has 120 valence electrons. The van der Waals surface area contributed by atoms with Crippen LogP contribution < -0.4 is 5.32 Å². The zero-order valence-corrected chi connectivity index (χ0v) is 14.4. The van der Waals surface area contributed by atoms with Gasteiger partial charge in [0.15, 0.2) is 6.61 Å². The van der Waals surface area contributed by atoms with Gasteiger partial charge in [0.05, 0.1) is 21.3 Å². The van der Waals surface area contributed by atoms with E-state index in [4.69, 9.17) is 51.1 Å². The lowest BCUT2D eigenvalue weighted by Crippen LogP contribution is -2.21. The van der Waals surface area contributed by atoms with Gasteiger partial charge in [0.25, 0.3) is 5.91 Å². The summed E-state index contributed by atoms with van der Waals surface area (Å²) in [6.07, 6.45) is 0. The molecule has 23 heavy (non-hydrogen) atoms. The molecule has 0 aliphatic heterocycles. The summed E-state index contributed by atoms with van der Waals surface area (Å²) in [5.41, 5.74) is 0.439. The number of esters is 1. The Kier molecular flexibility index (Phi) is 6.13. The summed E-state index contributed by atoms with van der Waals surface area (Å²) in [7, 11) is 0. The van der Waals surface area contributed by atoms with Crippen molar-refractivity contribution in [1.82, 2.24) is 0 Å². The lowest BCUT2D eigenvalue weighted by Gasteiger charge is -2.09. The topological polar surface area (TPSA) is 55.4 Å². The number of amides is 1. The average molecular weight is 393 g/mol. The highest BCUT2D eigenvalue weighted by Gasteiger charge is 2.15. The molecule has 2 rings (SSSR count). The lowest BCUT2D eigenvalue weighted by molar-refractivity contribution is -0.119. The van der Waals surface area contributed by atoms with Gasteiger partial charge < -0.3 is 10.1 Å². The van der Waals surface area contributed by atoms with Crippen LogP contribution in [-0.4, -0.2) is 18.5 Å². The first-order valence-electron chi connectivity index (χ1n) is 6.24. The molecule has 0 unspecified atom stereocenters. The molecule has 2 aromatic carbocycles. The normalized spacial score (nSPS) is 10.3. The van der Waals surface area contributed by atoms with E-state index in [2.05, 4.69) is 5.32 Å². The summed E-state index contributed by atoms with van der Waals surface area (Å²) < 4.78 is 4.90. The van der Waals surface area contributed by atoms with E-state index in [0.717, 1.165) is 0 Å². The second kappa shape index (κ2) is 7.88. The molecular weight excluding hydrogens is 384 g/mol. The maximum Gasteiger partial charge on any atom is 0.340 e. The summed E-state index contributed by atoms with van der Waals surface area (Å²) in [5, 5.41) is 3.73. The molecule has 8 heteroatoms. The molecule has 0 fully saturated rings. The highest BCUT2D eigenvalue weighted by atomic mass is 35.5. The van der Waals surface area contributed by atoms with Gasteiger partial charge >= 0.3 is 5.97 Å². The maximum absolute atomic E-state index is 11.9. The zero-order chi connectivity index (χ0) is 17.0. The second-order valence-corrected chi connectivity index (χ2v) is 6.06. The van der Waals surface area contributed by atoms with Gasteiger partial charge in [-0.05, 0) is 36.4 Å². The minimum Gasteiger partial charge on any atom is -0.452 e. The SMILES string of the molecule is O=C(COC(=O)c1cc(Cl)ccc1Cl)Nc1ccc(Cl)cc1Cl. The first-order chi connectivity index (χ1) is 10.9. The molecule has 0 aromatic heterocycles. The van der Waals surface area contributed by atoms with E-state index in [1.807, 2.05) is 0 Å². The fraction of sp³-hybridized carbons (Fsp3) is 0.0667. The molecule has 0 spiro atoms. The van der Waals surface area contributed by atoms with Crippen LogP contribution in [0.2, 0.25) is 20.1 Å². The Hall–Kier alpha value is -1.46. The number of nitrogens with one attached hydrogen (secondary N) is 1. The van der Waals surface area contributed by atoms with E-state index in [1.54, 1.807) is 6.07 Å². The van der Waals surface area contributed by atoms with Crippen molar-refractivity contribution in [2.24, 2.45) is 0 Å². The maximum atomic E-state index is 11.9. The molecule has 1 N–H and O–H groups in total. The van der Waals surface area contributed by atoms with E-state index < -0.39 is 18.5 Å². The van der Waals surface area contributed by atoms with Gasteiger partial charge in [-0.25, -0.2) is 4.79 Å². The van der Waals surface area contributed by atoms with E-state index in [1.165, 1.54) is 30.3 Å². The Morgan fingerprint density at radius 1 is 0.913 bits per heavy atom. The quantitative estimate of drug-likeness (QED) is 0.736. The van der Waals surface area contributed by atoms with Crippen LogP contribution >= 0.6 is 46.4 Å². The number of carbonyl (C=O) groups is 2. The van der Waals surface area contributed by atoms with E-state index in [0.29, 0.717) is 15.7 Å². The summed E-state index contributed by atoms with van der Waals surface area (Å²) >= 11 is 23.4. The Morgan fingerprint density at radius 3 is 2.26 bits per heavy atom. The molecule has 4 nitrogen and oxygen atoms in total. The third-order valence-electron chi connectivity index (χ3n) is 2.69. The van der Waals surface area contributed by atoms with Crippen LogP contribution in [0.4, 0.5) is 5.69 Å². The number of benzene rings is 2. The molecule has 2 aromatic rings. The molecule has 0 aliphatic carbocycles. The molecule has 0 bridgehead atoms. The van der Waals surface area contributed by atoms with Crippen molar-refractivity contribution >= 4 is 64.0 Å². The summed E-state index contributed by atoms with van der Waals surface area (Å²) in [5.74, 6) is -1.31. The molecule has 0 saturated carbocycles. The first kappa shape index (κ1) is 17.9. The van der Waals surface area contributed by atoms with Gasteiger partial charge in [-0.1, -0.05) is 46.4 Å². The van der Waals surface area contributed by atoms with E-state index in [9.17, 15) is 9.59 Å². The molecule has 0 heterocycles. The first-order valence-corrected chi connectivity index (χ1v) is 7.75. The predicted molar refractivity (Wildman–Crippen MR) is 91.8 cm³/mol. The van der Waals surface area contributed by atoms with Crippen molar-refractivity contribution in [3.63, 3.8) is 0 Å². The Bertz CT molecular complexity index is 764. The van der Waals surface area contributed by atoms with Crippen molar-refractivity contribution in [3.8, 4) is 0 Å². The van der Waals surface area contributed by atoms with Gasteiger partial charge in [0.2, 0.25) is 0 Å². The van der Waals surface area contributed by atoms with Crippen LogP contribution in [0.25, 0.3) is 0 Å². The van der Waals surface area contributed by atoms with Crippen molar-refractivity contribution in [2.75, 3.05) is 11.9 Å². The number of ether oxygens (including phenoxy) is 1. The van der Waals surface area contributed by atoms with Crippen molar-refractivity contribution < 1.29 is 14.3 Å². The molecule has 0 atom stereocenters. The monoisotopic (exact) mass is 391 g/mol. The van der Waals surface area contributed by atoms with Gasteiger partial charge in [0, 0.05) is 10.0 Å². The van der Waals surface area contributed by atoms with Gasteiger partial charge in [-0.2, -0.15) is 0 Å². The number of hydrogen-bond donors (Lipinski definition) is 1. The Morgan fingerprint density at radius 2 is 1.57 bits per heavy atom. The van der Waals surface area contributed by atoms with Crippen LogP contribution in [0, 0.1) is 0 Å². The molecule has 0 radical (unpaired) electrons. The van der Waals surface area contributed by atoms with Crippen LogP contribution in [0.3, 0.4) is 0 Å². The predicted octanol–water partition coefficient (Wildman–Crippen LogP) is 5.10. The van der Waals surface area contributed by atoms with Crippen molar-refractivity contribution in [1.29, 1.82) is 0 Å². The standard InChI is InChI=1S/C15H9Cl4NO3/c16-8-1-3-11(18)10(5-8)15(22)23-7-14(21)20-13-4-2-9(17)6-12(13)19/h1-6H,7H2,(H,20,21). The van der Waals surface area contributed by atoms with Crippen LogP contribution in [-0.2, 0) is 9.53 Å². The molecular formula is C15H9Cl4NO3. The average Bonchev–Trinajstić information content (AvgIpc) is 2.50. The highest BCUT2D eigenvalue weighted by molar-refractivity contribution is 6.37. The smallest absolute Gasteiger partial charge is 0.340 e. The number of halogens is 4. The van der Waals surface area contributed by atoms with Gasteiger partial charge in [-0.15, -0.1) is 0 Å². The number of hydrogen-bond acceptors (Lipinski definition) is 3. The number of rotatable bonds is 4.